The minimum Gasteiger partial charge on any atom is -0.467 e. The largest absolute Gasteiger partial charge is 0.467 e. The molecule has 0 saturated carbocycles. The van der Waals surface area contributed by atoms with Crippen molar-refractivity contribution in [3.63, 3.8) is 0 Å². The zero-order valence-corrected chi connectivity index (χ0v) is 15.3. The van der Waals surface area contributed by atoms with Crippen molar-refractivity contribution >= 4 is 17.7 Å². The Kier molecular flexibility index (Phi) is 5.28. The van der Waals surface area contributed by atoms with E-state index in [0.29, 0.717) is 5.75 Å². The number of aromatic nitrogens is 2. The van der Waals surface area contributed by atoms with Gasteiger partial charge in [0.1, 0.15) is 5.76 Å². The molecule has 0 aliphatic heterocycles. The zero-order valence-electron chi connectivity index (χ0n) is 14.5. The van der Waals surface area contributed by atoms with Gasteiger partial charge in [0.05, 0.1) is 18.1 Å². The van der Waals surface area contributed by atoms with Crippen LogP contribution in [0.25, 0.3) is 5.69 Å². The molecule has 0 aliphatic rings. The van der Waals surface area contributed by atoms with Crippen LogP contribution >= 0.6 is 11.8 Å². The van der Waals surface area contributed by atoms with Gasteiger partial charge in [0.25, 0.3) is 0 Å². The van der Waals surface area contributed by atoms with Crippen LogP contribution in [0.1, 0.15) is 29.9 Å². The maximum absolute atomic E-state index is 12.2. The highest BCUT2D eigenvalue weighted by atomic mass is 32.2. The predicted molar refractivity (Wildman–Crippen MR) is 99.0 cm³/mol. The number of nitrogens with zero attached hydrogens (tertiary/aromatic N) is 2. The summed E-state index contributed by atoms with van der Waals surface area (Å²) in [6, 6.07) is 9.80. The summed E-state index contributed by atoms with van der Waals surface area (Å²) in [5.41, 5.74) is 3.53. The number of carbonyl (C=O) groups is 1. The highest BCUT2D eigenvalue weighted by Gasteiger charge is 2.14. The first-order chi connectivity index (χ1) is 12.0. The fraction of sp³-hybridized carbons (Fsp3) is 0.263. The van der Waals surface area contributed by atoms with Gasteiger partial charge in [-0.25, -0.2) is 4.98 Å². The van der Waals surface area contributed by atoms with Crippen LogP contribution in [0.5, 0.6) is 0 Å². The van der Waals surface area contributed by atoms with Crippen molar-refractivity contribution in [3.8, 4) is 5.69 Å². The number of hydrogen-bond donors (Lipinski definition) is 1. The van der Waals surface area contributed by atoms with E-state index in [9.17, 15) is 4.79 Å². The summed E-state index contributed by atoms with van der Waals surface area (Å²) < 4.78 is 7.31. The maximum Gasteiger partial charge on any atom is 0.231 e. The molecule has 0 radical (unpaired) electrons. The lowest BCUT2D eigenvalue weighted by Gasteiger charge is -2.12. The van der Waals surface area contributed by atoms with E-state index in [2.05, 4.69) is 42.3 Å². The molecule has 1 amide bonds. The van der Waals surface area contributed by atoms with Crippen LogP contribution in [0, 0.1) is 13.8 Å². The molecule has 0 saturated heterocycles. The SMILES string of the molecule is Cc1ccc(-n2ccnc2SCC(=O)NC(C)c2ccco2)cc1C. The Morgan fingerprint density at radius 2 is 2.16 bits per heavy atom. The number of carbonyl (C=O) groups excluding carboxylic acids is 1. The normalized spacial score (nSPS) is 12.1. The van der Waals surface area contributed by atoms with E-state index in [-0.39, 0.29) is 11.9 Å². The van der Waals surface area contributed by atoms with Crippen molar-refractivity contribution in [3.05, 3.63) is 65.9 Å². The molecule has 1 N–H and O–H groups in total. The summed E-state index contributed by atoms with van der Waals surface area (Å²) in [7, 11) is 0. The first-order valence-corrected chi connectivity index (χ1v) is 9.09. The van der Waals surface area contributed by atoms with E-state index in [1.54, 1.807) is 12.5 Å². The molecule has 0 fully saturated rings. The molecule has 2 aromatic heterocycles. The van der Waals surface area contributed by atoms with Crippen LogP contribution in [0.3, 0.4) is 0 Å². The Morgan fingerprint density at radius 3 is 2.88 bits per heavy atom. The molecule has 1 unspecified atom stereocenters. The van der Waals surface area contributed by atoms with Gasteiger partial charge in [-0.05, 0) is 56.2 Å². The summed E-state index contributed by atoms with van der Waals surface area (Å²) in [5, 5.41) is 3.73. The number of hydrogen-bond acceptors (Lipinski definition) is 4. The van der Waals surface area contributed by atoms with Gasteiger partial charge < -0.3 is 9.73 Å². The number of amides is 1. The van der Waals surface area contributed by atoms with Crippen molar-refractivity contribution in [2.75, 3.05) is 5.75 Å². The van der Waals surface area contributed by atoms with Crippen molar-refractivity contribution in [1.82, 2.24) is 14.9 Å². The standard InChI is InChI=1S/C19H21N3O2S/c1-13-6-7-16(11-14(13)2)22-9-8-20-19(22)25-12-18(23)21-15(3)17-5-4-10-24-17/h4-11,15H,12H2,1-3H3,(H,21,23). The molecule has 6 heteroatoms. The monoisotopic (exact) mass is 355 g/mol. The first kappa shape index (κ1) is 17.4. The minimum atomic E-state index is -0.150. The van der Waals surface area contributed by atoms with Crippen molar-refractivity contribution in [2.24, 2.45) is 0 Å². The molecule has 3 aromatic rings. The summed E-state index contributed by atoms with van der Waals surface area (Å²) in [6.45, 7) is 6.08. The highest BCUT2D eigenvalue weighted by molar-refractivity contribution is 7.99. The van der Waals surface area contributed by atoms with Gasteiger partial charge in [0.15, 0.2) is 5.16 Å². The van der Waals surface area contributed by atoms with E-state index in [1.165, 1.54) is 22.9 Å². The van der Waals surface area contributed by atoms with Crippen molar-refractivity contribution < 1.29 is 9.21 Å². The van der Waals surface area contributed by atoms with E-state index >= 15 is 0 Å². The van der Waals surface area contributed by atoms with Gasteiger partial charge in [-0.3, -0.25) is 9.36 Å². The molecule has 0 bridgehead atoms. The van der Waals surface area contributed by atoms with Crippen molar-refractivity contribution in [1.29, 1.82) is 0 Å². The van der Waals surface area contributed by atoms with Gasteiger partial charge >= 0.3 is 0 Å². The smallest absolute Gasteiger partial charge is 0.231 e. The Hall–Kier alpha value is -2.47. The van der Waals surface area contributed by atoms with Crippen LogP contribution in [0.2, 0.25) is 0 Å². The summed E-state index contributed by atoms with van der Waals surface area (Å²) >= 11 is 1.42. The van der Waals surface area contributed by atoms with Crippen LogP contribution in [0.15, 0.2) is 58.6 Å². The number of benzene rings is 1. The summed E-state index contributed by atoms with van der Waals surface area (Å²) in [6.07, 6.45) is 5.27. The number of aryl methyl sites for hydroxylation is 2. The second-order valence-corrected chi connectivity index (χ2v) is 6.88. The number of rotatable bonds is 6. The fourth-order valence-electron chi connectivity index (χ4n) is 2.49. The Labute approximate surface area is 151 Å². The average Bonchev–Trinajstić information content (AvgIpc) is 3.27. The van der Waals surface area contributed by atoms with E-state index in [0.717, 1.165) is 16.6 Å². The Bertz CT molecular complexity index is 855. The zero-order chi connectivity index (χ0) is 17.8. The average molecular weight is 355 g/mol. The molecule has 0 aliphatic carbocycles. The molecule has 5 nitrogen and oxygen atoms in total. The molecule has 1 aromatic carbocycles. The predicted octanol–water partition coefficient (Wildman–Crippen LogP) is 4.05. The fourth-order valence-corrected chi connectivity index (χ4v) is 3.27. The van der Waals surface area contributed by atoms with Crippen LogP contribution in [-0.4, -0.2) is 21.2 Å². The third-order valence-electron chi connectivity index (χ3n) is 4.06. The van der Waals surface area contributed by atoms with Gasteiger partial charge in [-0.2, -0.15) is 0 Å². The Morgan fingerprint density at radius 1 is 1.32 bits per heavy atom. The van der Waals surface area contributed by atoms with Gasteiger partial charge in [-0.15, -0.1) is 0 Å². The number of furan rings is 1. The Balaban J connectivity index is 1.63. The first-order valence-electron chi connectivity index (χ1n) is 8.11. The molecule has 3 rings (SSSR count). The molecule has 1 atom stereocenters. The summed E-state index contributed by atoms with van der Waals surface area (Å²) in [5.74, 6) is 0.992. The number of nitrogens with one attached hydrogen (secondary N) is 1. The van der Waals surface area contributed by atoms with E-state index in [4.69, 9.17) is 4.42 Å². The molecule has 0 spiro atoms. The van der Waals surface area contributed by atoms with Crippen LogP contribution in [0.4, 0.5) is 0 Å². The number of imidazole rings is 1. The molecular weight excluding hydrogens is 334 g/mol. The van der Waals surface area contributed by atoms with Gasteiger partial charge in [0.2, 0.25) is 5.91 Å². The van der Waals surface area contributed by atoms with E-state index < -0.39 is 0 Å². The van der Waals surface area contributed by atoms with Crippen LogP contribution < -0.4 is 5.32 Å². The maximum atomic E-state index is 12.2. The van der Waals surface area contributed by atoms with Crippen LogP contribution in [-0.2, 0) is 4.79 Å². The van der Waals surface area contributed by atoms with Gasteiger partial charge in [-0.1, -0.05) is 17.8 Å². The van der Waals surface area contributed by atoms with Crippen molar-refractivity contribution in [2.45, 2.75) is 32.0 Å². The number of thioether (sulfide) groups is 1. The highest BCUT2D eigenvalue weighted by Crippen LogP contribution is 2.22. The molecule has 2 heterocycles. The topological polar surface area (TPSA) is 60.1 Å². The molecule has 130 valence electrons. The molecule has 25 heavy (non-hydrogen) atoms. The summed E-state index contributed by atoms with van der Waals surface area (Å²) in [4.78, 5) is 16.6. The lowest BCUT2D eigenvalue weighted by molar-refractivity contribution is -0.119. The van der Waals surface area contributed by atoms with E-state index in [1.807, 2.05) is 29.8 Å². The minimum absolute atomic E-state index is 0.0523. The third-order valence-corrected chi connectivity index (χ3v) is 5.02. The second-order valence-electron chi connectivity index (χ2n) is 5.94. The molecular formula is C19H21N3O2S. The van der Waals surface area contributed by atoms with Gasteiger partial charge in [0, 0.05) is 18.1 Å². The lowest BCUT2D eigenvalue weighted by atomic mass is 10.1. The third kappa shape index (κ3) is 4.14. The second kappa shape index (κ2) is 7.61. The quantitative estimate of drug-likeness (QED) is 0.678. The lowest BCUT2D eigenvalue weighted by Crippen LogP contribution is -2.28.